The number of nitrogens with one attached hydrogen (secondary N) is 1. The molecule has 0 aliphatic heterocycles. The van der Waals surface area contributed by atoms with E-state index in [4.69, 9.17) is 0 Å². The van der Waals surface area contributed by atoms with Gasteiger partial charge in [-0.2, -0.15) is 11.8 Å². The number of halogens is 1. The number of benzene rings is 1. The Labute approximate surface area is 108 Å². The van der Waals surface area contributed by atoms with E-state index in [-0.39, 0.29) is 5.82 Å². The molecule has 0 aliphatic rings. The van der Waals surface area contributed by atoms with Gasteiger partial charge in [-0.3, -0.25) is 0 Å². The molecular formula is C13H21FN2S. The Balaban J connectivity index is 2.25. The van der Waals surface area contributed by atoms with Crippen LogP contribution in [0.5, 0.6) is 0 Å². The third kappa shape index (κ3) is 5.41. The normalized spacial score (nSPS) is 12.8. The topological polar surface area (TPSA) is 15.3 Å². The zero-order valence-electron chi connectivity index (χ0n) is 10.7. The fourth-order valence-corrected chi connectivity index (χ4v) is 2.27. The summed E-state index contributed by atoms with van der Waals surface area (Å²) in [6, 6.07) is 7.06. The number of hydrogen-bond acceptors (Lipinski definition) is 3. The maximum absolute atomic E-state index is 12.7. The van der Waals surface area contributed by atoms with E-state index in [2.05, 4.69) is 30.4 Å². The lowest BCUT2D eigenvalue weighted by Crippen LogP contribution is -2.34. The minimum atomic E-state index is -0.193. The third-order valence-electron chi connectivity index (χ3n) is 2.80. The quantitative estimate of drug-likeness (QED) is 0.807. The zero-order chi connectivity index (χ0) is 12.7. The molecule has 0 saturated heterocycles. The highest BCUT2D eigenvalue weighted by Crippen LogP contribution is 2.08. The number of likely N-dealkylation sites (N-methyl/N-ethyl adjacent to an activating group) is 1. The molecule has 1 N–H and O–H groups in total. The van der Waals surface area contributed by atoms with Gasteiger partial charge in [0.1, 0.15) is 5.82 Å². The zero-order valence-corrected chi connectivity index (χ0v) is 11.6. The van der Waals surface area contributed by atoms with E-state index in [1.54, 1.807) is 12.1 Å². The maximum atomic E-state index is 12.7. The van der Waals surface area contributed by atoms with Crippen molar-refractivity contribution >= 4 is 17.4 Å². The first-order chi connectivity index (χ1) is 8.13. The molecule has 4 heteroatoms. The Morgan fingerprint density at radius 3 is 2.59 bits per heavy atom. The summed E-state index contributed by atoms with van der Waals surface area (Å²) in [6.07, 6.45) is 2.13. The van der Waals surface area contributed by atoms with Crippen LogP contribution in [-0.4, -0.2) is 43.1 Å². The summed E-state index contributed by atoms with van der Waals surface area (Å²) in [4.78, 5) is 2.33. The molecule has 0 radical (unpaired) electrons. The van der Waals surface area contributed by atoms with Gasteiger partial charge in [0.25, 0.3) is 0 Å². The van der Waals surface area contributed by atoms with Crippen molar-refractivity contribution in [3.05, 3.63) is 30.1 Å². The third-order valence-corrected chi connectivity index (χ3v) is 3.61. The lowest BCUT2D eigenvalue weighted by molar-refractivity contribution is 0.288. The Morgan fingerprint density at radius 2 is 2.00 bits per heavy atom. The molecule has 17 heavy (non-hydrogen) atoms. The first-order valence-corrected chi connectivity index (χ1v) is 7.21. The largest absolute Gasteiger partial charge is 0.384 e. The standard InChI is InChI=1S/C13H21FN2S/c1-11(10-17-3)16(2)9-8-15-13-6-4-12(14)5-7-13/h4-7,11,15H,8-10H2,1-3H3. The van der Waals surface area contributed by atoms with Crippen molar-refractivity contribution in [3.63, 3.8) is 0 Å². The summed E-state index contributed by atoms with van der Waals surface area (Å²) in [5.74, 6) is 0.953. The molecule has 1 rings (SSSR count). The van der Waals surface area contributed by atoms with Crippen LogP contribution < -0.4 is 5.32 Å². The maximum Gasteiger partial charge on any atom is 0.123 e. The average molecular weight is 256 g/mol. The molecule has 2 nitrogen and oxygen atoms in total. The van der Waals surface area contributed by atoms with Gasteiger partial charge in [0.15, 0.2) is 0 Å². The molecule has 96 valence electrons. The van der Waals surface area contributed by atoms with E-state index in [1.807, 2.05) is 11.8 Å². The molecule has 1 atom stereocenters. The lowest BCUT2D eigenvalue weighted by Gasteiger charge is -2.24. The number of anilines is 1. The summed E-state index contributed by atoms with van der Waals surface area (Å²) < 4.78 is 12.7. The van der Waals surface area contributed by atoms with E-state index >= 15 is 0 Å². The van der Waals surface area contributed by atoms with Crippen molar-refractivity contribution in [2.75, 3.05) is 37.5 Å². The highest BCUT2D eigenvalue weighted by molar-refractivity contribution is 7.98. The van der Waals surface area contributed by atoms with Gasteiger partial charge in [-0.25, -0.2) is 4.39 Å². The molecule has 1 unspecified atom stereocenters. The Hall–Kier alpha value is -0.740. The molecule has 1 aromatic rings. The summed E-state index contributed by atoms with van der Waals surface area (Å²) in [5.41, 5.74) is 0.970. The Kier molecular flexibility index (Phi) is 6.37. The summed E-state index contributed by atoms with van der Waals surface area (Å²) in [6.45, 7) is 4.09. The van der Waals surface area contributed by atoms with Gasteiger partial charge in [0, 0.05) is 30.6 Å². The number of rotatable bonds is 7. The Bertz CT molecular complexity index is 316. The highest BCUT2D eigenvalue weighted by atomic mass is 32.2. The predicted molar refractivity (Wildman–Crippen MR) is 75.4 cm³/mol. The van der Waals surface area contributed by atoms with Gasteiger partial charge in [-0.15, -0.1) is 0 Å². The van der Waals surface area contributed by atoms with Crippen LogP contribution in [0.15, 0.2) is 24.3 Å². The van der Waals surface area contributed by atoms with E-state index < -0.39 is 0 Å². The fourth-order valence-electron chi connectivity index (χ4n) is 1.53. The SMILES string of the molecule is CSCC(C)N(C)CCNc1ccc(F)cc1. The highest BCUT2D eigenvalue weighted by Gasteiger charge is 2.07. The van der Waals surface area contributed by atoms with Crippen molar-refractivity contribution in [2.24, 2.45) is 0 Å². The van der Waals surface area contributed by atoms with E-state index in [0.29, 0.717) is 6.04 Å². The predicted octanol–water partition coefficient (Wildman–Crippen LogP) is 2.92. The van der Waals surface area contributed by atoms with Crippen LogP contribution in [0, 0.1) is 5.82 Å². The van der Waals surface area contributed by atoms with Crippen LogP contribution in [0.4, 0.5) is 10.1 Å². The van der Waals surface area contributed by atoms with Gasteiger partial charge < -0.3 is 10.2 Å². The molecule has 0 bridgehead atoms. The number of thioether (sulfide) groups is 1. The lowest BCUT2D eigenvalue weighted by atomic mass is 10.3. The van der Waals surface area contributed by atoms with Crippen LogP contribution in [0.1, 0.15) is 6.92 Å². The van der Waals surface area contributed by atoms with E-state index in [0.717, 1.165) is 24.5 Å². The van der Waals surface area contributed by atoms with Crippen molar-refractivity contribution in [3.8, 4) is 0 Å². The van der Waals surface area contributed by atoms with Crippen molar-refractivity contribution in [1.82, 2.24) is 4.90 Å². The Morgan fingerprint density at radius 1 is 1.35 bits per heavy atom. The second-order valence-corrected chi connectivity index (χ2v) is 5.13. The first-order valence-electron chi connectivity index (χ1n) is 5.82. The van der Waals surface area contributed by atoms with Crippen LogP contribution >= 0.6 is 11.8 Å². The molecule has 1 aromatic carbocycles. The summed E-state index contributed by atoms with van der Waals surface area (Å²) in [7, 11) is 2.13. The second kappa shape index (κ2) is 7.56. The molecule has 0 aromatic heterocycles. The summed E-state index contributed by atoms with van der Waals surface area (Å²) >= 11 is 1.87. The van der Waals surface area contributed by atoms with Crippen molar-refractivity contribution < 1.29 is 4.39 Å². The van der Waals surface area contributed by atoms with E-state index in [9.17, 15) is 4.39 Å². The number of nitrogens with zero attached hydrogens (tertiary/aromatic N) is 1. The van der Waals surface area contributed by atoms with Crippen LogP contribution in [0.25, 0.3) is 0 Å². The molecule has 0 amide bonds. The van der Waals surface area contributed by atoms with Crippen LogP contribution in [0.2, 0.25) is 0 Å². The molecule has 0 heterocycles. The van der Waals surface area contributed by atoms with Gasteiger partial charge in [-0.1, -0.05) is 0 Å². The van der Waals surface area contributed by atoms with Crippen molar-refractivity contribution in [1.29, 1.82) is 0 Å². The van der Waals surface area contributed by atoms with Gasteiger partial charge in [-0.05, 0) is 44.5 Å². The average Bonchev–Trinajstić information content (AvgIpc) is 2.32. The molecule has 0 fully saturated rings. The molecule has 0 saturated carbocycles. The molecular weight excluding hydrogens is 235 g/mol. The van der Waals surface area contributed by atoms with Crippen molar-refractivity contribution in [2.45, 2.75) is 13.0 Å². The monoisotopic (exact) mass is 256 g/mol. The number of hydrogen-bond donors (Lipinski definition) is 1. The van der Waals surface area contributed by atoms with Gasteiger partial charge >= 0.3 is 0 Å². The second-order valence-electron chi connectivity index (χ2n) is 4.22. The van der Waals surface area contributed by atoms with Crippen LogP contribution in [-0.2, 0) is 0 Å². The minimum Gasteiger partial charge on any atom is -0.384 e. The van der Waals surface area contributed by atoms with Crippen LogP contribution in [0.3, 0.4) is 0 Å². The van der Waals surface area contributed by atoms with Gasteiger partial charge in [0.05, 0.1) is 0 Å². The molecule has 0 spiro atoms. The first kappa shape index (κ1) is 14.3. The smallest absolute Gasteiger partial charge is 0.123 e. The fraction of sp³-hybridized carbons (Fsp3) is 0.538. The summed E-state index contributed by atoms with van der Waals surface area (Å²) in [5, 5.41) is 3.28. The van der Waals surface area contributed by atoms with E-state index in [1.165, 1.54) is 12.1 Å². The van der Waals surface area contributed by atoms with Gasteiger partial charge in [0.2, 0.25) is 0 Å². The minimum absolute atomic E-state index is 0.193. The molecule has 0 aliphatic carbocycles.